The van der Waals surface area contributed by atoms with E-state index in [0.29, 0.717) is 11.5 Å². The third kappa shape index (κ3) is 4.67. The molecule has 0 bridgehead atoms. The summed E-state index contributed by atoms with van der Waals surface area (Å²) >= 11 is 3.37. The van der Waals surface area contributed by atoms with Crippen molar-refractivity contribution in [3.63, 3.8) is 0 Å². The Morgan fingerprint density at radius 2 is 2.26 bits per heavy atom. The number of nitrogens with one attached hydrogen (secondary N) is 1. The lowest BCUT2D eigenvalue weighted by atomic mass is 10.2. The zero-order chi connectivity index (χ0) is 19.4. The summed E-state index contributed by atoms with van der Waals surface area (Å²) in [6.45, 7) is 2.06. The van der Waals surface area contributed by atoms with Crippen LogP contribution in [0.5, 0.6) is 0 Å². The van der Waals surface area contributed by atoms with Gasteiger partial charge in [-0.15, -0.1) is 0 Å². The Hall–Kier alpha value is -3.27. The topological polar surface area (TPSA) is 116 Å². The second kappa shape index (κ2) is 7.96. The van der Waals surface area contributed by atoms with Gasteiger partial charge in [-0.25, -0.2) is 5.43 Å². The molecule has 0 saturated heterocycles. The van der Waals surface area contributed by atoms with Gasteiger partial charge in [-0.1, -0.05) is 28.1 Å². The van der Waals surface area contributed by atoms with Gasteiger partial charge in [0, 0.05) is 4.47 Å². The number of hydrogen-bond acceptors (Lipinski definition) is 6. The molecule has 27 heavy (non-hydrogen) atoms. The van der Waals surface area contributed by atoms with E-state index in [1.165, 1.54) is 17.1 Å². The minimum absolute atomic E-state index is 0.280. The summed E-state index contributed by atoms with van der Waals surface area (Å²) in [4.78, 5) is 22.8. The first-order valence-electron chi connectivity index (χ1n) is 7.78. The fourth-order valence-electron chi connectivity index (χ4n) is 2.34. The molecule has 1 N–H and O–H groups in total. The molecule has 9 nitrogen and oxygen atoms in total. The quantitative estimate of drug-likeness (QED) is 0.365. The first-order chi connectivity index (χ1) is 12.9. The van der Waals surface area contributed by atoms with E-state index in [4.69, 9.17) is 4.42 Å². The molecule has 1 amide bonds. The molecule has 0 radical (unpaired) electrons. The first-order valence-corrected chi connectivity index (χ1v) is 8.58. The maximum absolute atomic E-state index is 12.2. The highest BCUT2D eigenvalue weighted by atomic mass is 79.9. The van der Waals surface area contributed by atoms with Gasteiger partial charge >= 0.3 is 5.69 Å². The molecule has 0 fully saturated rings. The van der Waals surface area contributed by atoms with E-state index < -0.39 is 16.5 Å². The van der Waals surface area contributed by atoms with Crippen molar-refractivity contribution in [2.24, 2.45) is 5.10 Å². The van der Waals surface area contributed by atoms with Crippen molar-refractivity contribution in [3.05, 3.63) is 80.0 Å². The molecule has 0 aliphatic carbocycles. The van der Waals surface area contributed by atoms with Crippen LogP contribution in [0.1, 0.15) is 27.6 Å². The highest BCUT2D eigenvalue weighted by molar-refractivity contribution is 9.10. The summed E-state index contributed by atoms with van der Waals surface area (Å²) in [5, 5.41) is 19.0. The number of nitrogens with zero attached hydrogens (tertiary/aromatic N) is 4. The number of nitro groups is 1. The fraction of sp³-hybridized carbons (Fsp3) is 0.118. The van der Waals surface area contributed by atoms with Crippen LogP contribution >= 0.6 is 15.9 Å². The molecule has 0 unspecified atom stereocenters. The largest absolute Gasteiger partial charge is 0.460 e. The molecule has 2 aromatic heterocycles. The van der Waals surface area contributed by atoms with Crippen molar-refractivity contribution < 1.29 is 14.1 Å². The van der Waals surface area contributed by atoms with E-state index in [9.17, 15) is 14.9 Å². The van der Waals surface area contributed by atoms with Gasteiger partial charge in [-0.05, 0) is 36.8 Å². The van der Waals surface area contributed by atoms with Crippen molar-refractivity contribution in [2.45, 2.75) is 13.5 Å². The van der Waals surface area contributed by atoms with Gasteiger partial charge in [0.1, 0.15) is 17.7 Å². The lowest BCUT2D eigenvalue weighted by Gasteiger charge is -2.01. The highest BCUT2D eigenvalue weighted by Gasteiger charge is 2.25. The summed E-state index contributed by atoms with van der Waals surface area (Å²) in [6.07, 6.45) is 2.52. The SMILES string of the molecule is Cc1ccc(/C=N/NC(=O)c2nn(Cc3cccc(Br)c3)cc2[N+](=O)[O-])o1. The van der Waals surface area contributed by atoms with Crippen molar-refractivity contribution in [2.75, 3.05) is 0 Å². The van der Waals surface area contributed by atoms with Crippen molar-refractivity contribution >= 4 is 33.7 Å². The fourth-order valence-corrected chi connectivity index (χ4v) is 2.79. The third-order valence-corrected chi connectivity index (χ3v) is 4.00. The number of benzene rings is 1. The van der Waals surface area contributed by atoms with Crippen molar-refractivity contribution in [1.29, 1.82) is 0 Å². The van der Waals surface area contributed by atoms with Crippen LogP contribution in [-0.4, -0.2) is 26.8 Å². The summed E-state index contributed by atoms with van der Waals surface area (Å²) in [5.41, 5.74) is 2.38. The Morgan fingerprint density at radius 1 is 1.44 bits per heavy atom. The van der Waals surface area contributed by atoms with Gasteiger partial charge in [-0.3, -0.25) is 19.6 Å². The number of carbonyl (C=O) groups excluding carboxylic acids is 1. The standard InChI is InChI=1S/C17H14BrN5O4/c1-11-5-6-14(27-11)8-19-20-17(24)16-15(23(25)26)10-22(21-16)9-12-3-2-4-13(18)7-12/h2-8,10H,9H2,1H3,(H,20,24)/b19-8+. The number of halogens is 1. The van der Waals surface area contributed by atoms with Crippen LogP contribution in [0.2, 0.25) is 0 Å². The van der Waals surface area contributed by atoms with Crippen molar-refractivity contribution in [3.8, 4) is 0 Å². The maximum Gasteiger partial charge on any atom is 0.320 e. The van der Waals surface area contributed by atoms with Gasteiger partial charge in [0.25, 0.3) is 5.91 Å². The van der Waals surface area contributed by atoms with Crippen LogP contribution in [0.3, 0.4) is 0 Å². The second-order valence-electron chi connectivity index (χ2n) is 5.60. The van der Waals surface area contributed by atoms with Crippen LogP contribution in [0.25, 0.3) is 0 Å². The smallest absolute Gasteiger partial charge is 0.320 e. The van der Waals surface area contributed by atoms with E-state index in [1.54, 1.807) is 19.1 Å². The molecule has 138 valence electrons. The third-order valence-electron chi connectivity index (χ3n) is 3.51. The second-order valence-corrected chi connectivity index (χ2v) is 6.51. The molecule has 2 heterocycles. The Labute approximate surface area is 162 Å². The van der Waals surface area contributed by atoms with Crippen LogP contribution in [-0.2, 0) is 6.54 Å². The molecule has 3 aromatic rings. The molecule has 0 atom stereocenters. The van der Waals surface area contributed by atoms with Crippen LogP contribution in [0.15, 0.2) is 56.6 Å². The average Bonchev–Trinajstić information content (AvgIpc) is 3.21. The normalized spacial score (nSPS) is 11.0. The molecule has 3 rings (SSSR count). The molecule has 0 saturated carbocycles. The highest BCUT2D eigenvalue weighted by Crippen LogP contribution is 2.19. The van der Waals surface area contributed by atoms with Gasteiger partial charge in [-0.2, -0.15) is 10.2 Å². The minimum atomic E-state index is -0.783. The van der Waals surface area contributed by atoms with E-state index in [1.807, 2.05) is 24.3 Å². The number of rotatable bonds is 6. The number of aryl methyl sites for hydroxylation is 1. The zero-order valence-corrected chi connectivity index (χ0v) is 15.7. The Kier molecular flexibility index (Phi) is 5.46. The summed E-state index contributed by atoms with van der Waals surface area (Å²) in [6, 6.07) is 10.9. The Morgan fingerprint density at radius 3 is 2.93 bits per heavy atom. The number of hydrogen-bond donors (Lipinski definition) is 1. The van der Waals surface area contributed by atoms with Gasteiger partial charge in [0.05, 0.1) is 17.7 Å². The molecule has 0 spiro atoms. The predicted molar refractivity (Wildman–Crippen MR) is 101 cm³/mol. The van der Waals surface area contributed by atoms with Gasteiger partial charge < -0.3 is 4.42 Å². The predicted octanol–water partition coefficient (Wildman–Crippen LogP) is 3.27. The Bertz CT molecular complexity index is 1020. The van der Waals surface area contributed by atoms with Crippen molar-refractivity contribution in [1.82, 2.24) is 15.2 Å². The minimum Gasteiger partial charge on any atom is -0.460 e. The average molecular weight is 432 g/mol. The summed E-state index contributed by atoms with van der Waals surface area (Å²) < 4.78 is 7.50. The van der Waals surface area contributed by atoms with E-state index in [-0.39, 0.29) is 12.2 Å². The number of hydrazone groups is 1. The van der Waals surface area contributed by atoms with E-state index >= 15 is 0 Å². The molecule has 0 aliphatic heterocycles. The lowest BCUT2D eigenvalue weighted by molar-refractivity contribution is -0.385. The van der Waals surface area contributed by atoms with Crippen LogP contribution < -0.4 is 5.43 Å². The molecule has 0 aliphatic rings. The number of furan rings is 1. The molecule has 1 aromatic carbocycles. The first kappa shape index (κ1) is 18.5. The van der Waals surface area contributed by atoms with E-state index in [0.717, 1.165) is 10.0 Å². The summed E-state index contributed by atoms with van der Waals surface area (Å²) in [7, 11) is 0. The monoisotopic (exact) mass is 431 g/mol. The lowest BCUT2D eigenvalue weighted by Crippen LogP contribution is -2.19. The number of aromatic nitrogens is 2. The molecular weight excluding hydrogens is 418 g/mol. The zero-order valence-electron chi connectivity index (χ0n) is 14.1. The van der Waals surface area contributed by atoms with E-state index in [2.05, 4.69) is 31.6 Å². The Balaban J connectivity index is 1.77. The molecule has 10 heteroatoms. The van der Waals surface area contributed by atoms with Crippen LogP contribution in [0.4, 0.5) is 5.69 Å². The molecular formula is C17H14BrN5O4. The van der Waals surface area contributed by atoms with Crippen LogP contribution in [0, 0.1) is 17.0 Å². The number of amides is 1. The number of carbonyl (C=O) groups is 1. The summed E-state index contributed by atoms with van der Waals surface area (Å²) in [5.74, 6) is 0.362. The van der Waals surface area contributed by atoms with Gasteiger partial charge in [0.15, 0.2) is 0 Å². The maximum atomic E-state index is 12.2. The van der Waals surface area contributed by atoms with Gasteiger partial charge in [0.2, 0.25) is 5.69 Å².